The van der Waals surface area contributed by atoms with Crippen LogP contribution in [0.5, 0.6) is 11.5 Å². The fourth-order valence-electron chi connectivity index (χ4n) is 3.58. The van der Waals surface area contributed by atoms with Gasteiger partial charge in [0.1, 0.15) is 0 Å². The maximum absolute atomic E-state index is 12.2. The first kappa shape index (κ1) is 24.9. The van der Waals surface area contributed by atoms with Crippen LogP contribution in [0, 0.1) is 0 Å². The van der Waals surface area contributed by atoms with Crippen LogP contribution < -0.4 is 14.8 Å². The molecular weight excluding hydrogens is 446 g/mol. The molecule has 0 amide bonds. The Balaban J connectivity index is 1.67. The second kappa shape index (κ2) is 10.9. The number of nitrogens with one attached hydrogen (secondary N) is 1. The summed E-state index contributed by atoms with van der Waals surface area (Å²) >= 11 is 1.64. The third-order valence-corrected chi connectivity index (χ3v) is 6.20. The van der Waals surface area contributed by atoms with Gasteiger partial charge in [-0.25, -0.2) is 9.59 Å². The molecule has 0 aromatic heterocycles. The summed E-state index contributed by atoms with van der Waals surface area (Å²) in [5.41, 5.74) is 1.79. The number of rotatable bonds is 10. The molecule has 33 heavy (non-hydrogen) atoms. The van der Waals surface area contributed by atoms with E-state index >= 15 is 0 Å². The van der Waals surface area contributed by atoms with E-state index in [4.69, 9.17) is 9.47 Å². The van der Waals surface area contributed by atoms with Crippen LogP contribution in [-0.2, 0) is 25.5 Å². The van der Waals surface area contributed by atoms with Crippen molar-refractivity contribution in [1.29, 1.82) is 0 Å². The van der Waals surface area contributed by atoms with Gasteiger partial charge in [-0.2, -0.15) is 0 Å². The number of benzene rings is 2. The molecule has 178 valence electrons. The summed E-state index contributed by atoms with van der Waals surface area (Å²) in [7, 11) is 2.27. The maximum Gasteiger partial charge on any atom is 0.453 e. The second-order valence-corrected chi connectivity index (χ2v) is 8.47. The number of hydrogen-bond acceptors (Lipinski definition) is 9. The molecule has 2 unspecified atom stereocenters. The van der Waals surface area contributed by atoms with E-state index in [2.05, 4.69) is 21.7 Å². The van der Waals surface area contributed by atoms with Gasteiger partial charge in [0.15, 0.2) is 11.5 Å². The van der Waals surface area contributed by atoms with Gasteiger partial charge in [-0.1, -0.05) is 25.1 Å². The van der Waals surface area contributed by atoms with Gasteiger partial charge in [0.2, 0.25) is 0 Å². The quantitative estimate of drug-likeness (QED) is 0.305. The summed E-state index contributed by atoms with van der Waals surface area (Å²) < 4.78 is 20.5. The lowest BCUT2D eigenvalue weighted by Crippen LogP contribution is -2.55. The standard InChI is InChI=1S/C24H29NO7S/c1-5-17(25-14-19(26)16-7-6-8-18(13-16)33-4)11-15-9-10-20-21(12-15)32-24(31-20,22(27)29-2)23(28)30-3/h6-10,12-13,17,19,25-26H,5,11,14H2,1-4H3. The maximum atomic E-state index is 12.2. The average molecular weight is 476 g/mol. The van der Waals surface area contributed by atoms with Crippen molar-refractivity contribution in [1.82, 2.24) is 5.32 Å². The van der Waals surface area contributed by atoms with Gasteiger partial charge in [0.05, 0.1) is 20.3 Å². The first-order valence-electron chi connectivity index (χ1n) is 10.6. The lowest BCUT2D eigenvalue weighted by atomic mass is 10.0. The van der Waals surface area contributed by atoms with Crippen molar-refractivity contribution in [2.75, 3.05) is 27.0 Å². The van der Waals surface area contributed by atoms with Crippen molar-refractivity contribution in [3.05, 3.63) is 53.6 Å². The Kier molecular flexibility index (Phi) is 8.23. The Labute approximate surface area is 197 Å². The summed E-state index contributed by atoms with van der Waals surface area (Å²) in [4.78, 5) is 25.5. The molecule has 2 aromatic carbocycles. The Morgan fingerprint density at radius 1 is 1.09 bits per heavy atom. The zero-order valence-electron chi connectivity index (χ0n) is 19.1. The highest BCUT2D eigenvalue weighted by molar-refractivity contribution is 7.98. The molecule has 3 rings (SSSR count). The number of carbonyl (C=O) groups excluding carboxylic acids is 2. The van der Waals surface area contributed by atoms with E-state index in [0.29, 0.717) is 13.0 Å². The third-order valence-electron chi connectivity index (χ3n) is 5.48. The molecule has 2 atom stereocenters. The molecule has 0 saturated heterocycles. The average Bonchev–Trinajstić information content (AvgIpc) is 3.25. The van der Waals surface area contributed by atoms with Crippen LogP contribution in [0.25, 0.3) is 0 Å². The zero-order chi connectivity index (χ0) is 24.0. The molecule has 0 saturated carbocycles. The molecule has 2 N–H and O–H groups in total. The lowest BCUT2D eigenvalue weighted by molar-refractivity contribution is -0.199. The number of aliphatic hydroxyl groups excluding tert-OH is 1. The monoisotopic (exact) mass is 475 g/mol. The minimum Gasteiger partial charge on any atom is -0.463 e. The predicted molar refractivity (Wildman–Crippen MR) is 123 cm³/mol. The summed E-state index contributed by atoms with van der Waals surface area (Å²) in [6.45, 7) is 2.47. The van der Waals surface area contributed by atoms with E-state index < -0.39 is 23.8 Å². The fraction of sp³-hybridized carbons (Fsp3) is 0.417. The highest BCUT2D eigenvalue weighted by Crippen LogP contribution is 2.41. The van der Waals surface area contributed by atoms with E-state index in [1.54, 1.807) is 23.9 Å². The normalized spacial score (nSPS) is 15.5. The van der Waals surface area contributed by atoms with Crippen molar-refractivity contribution in [3.8, 4) is 11.5 Å². The van der Waals surface area contributed by atoms with Crippen LogP contribution in [0.4, 0.5) is 0 Å². The molecule has 1 aliphatic rings. The van der Waals surface area contributed by atoms with E-state index in [9.17, 15) is 14.7 Å². The van der Waals surface area contributed by atoms with Gasteiger partial charge >= 0.3 is 17.7 Å². The number of hydrogen-bond donors (Lipinski definition) is 2. The predicted octanol–water partition coefficient (Wildman–Crippen LogP) is 2.87. The van der Waals surface area contributed by atoms with Gasteiger partial charge in [-0.3, -0.25) is 0 Å². The van der Waals surface area contributed by atoms with E-state index in [-0.39, 0.29) is 17.5 Å². The van der Waals surface area contributed by atoms with Crippen LogP contribution in [0.1, 0.15) is 30.6 Å². The van der Waals surface area contributed by atoms with Crippen LogP contribution in [0.3, 0.4) is 0 Å². The second-order valence-electron chi connectivity index (χ2n) is 7.59. The van der Waals surface area contributed by atoms with Gasteiger partial charge < -0.3 is 29.4 Å². The number of aliphatic hydroxyl groups is 1. The Hall–Kier alpha value is -2.75. The summed E-state index contributed by atoms with van der Waals surface area (Å²) in [5, 5.41) is 14.0. The number of carbonyl (C=O) groups is 2. The summed E-state index contributed by atoms with van der Waals surface area (Å²) in [6, 6.07) is 13.2. The number of thioether (sulfide) groups is 1. The van der Waals surface area contributed by atoms with Crippen LogP contribution in [0.2, 0.25) is 0 Å². The van der Waals surface area contributed by atoms with Crippen molar-refractivity contribution < 1.29 is 33.6 Å². The van der Waals surface area contributed by atoms with E-state index in [1.807, 2.05) is 36.6 Å². The van der Waals surface area contributed by atoms with E-state index in [0.717, 1.165) is 36.7 Å². The number of ether oxygens (including phenoxy) is 4. The highest BCUT2D eigenvalue weighted by atomic mass is 32.2. The fourth-order valence-corrected chi connectivity index (χ4v) is 4.05. The third kappa shape index (κ3) is 5.43. The number of fused-ring (bicyclic) bond motifs is 1. The topological polar surface area (TPSA) is 103 Å². The molecule has 2 aromatic rings. The summed E-state index contributed by atoms with van der Waals surface area (Å²) in [5.74, 6) is -3.80. The Morgan fingerprint density at radius 2 is 1.79 bits per heavy atom. The molecule has 0 aliphatic carbocycles. The zero-order valence-corrected chi connectivity index (χ0v) is 19.9. The molecule has 0 bridgehead atoms. The first-order chi connectivity index (χ1) is 15.9. The first-order valence-corrected chi connectivity index (χ1v) is 11.8. The molecule has 0 fully saturated rings. The Bertz CT molecular complexity index is 981. The van der Waals surface area contributed by atoms with Crippen molar-refractivity contribution in [2.45, 2.75) is 42.6 Å². The van der Waals surface area contributed by atoms with Crippen LogP contribution in [-0.4, -0.2) is 55.9 Å². The van der Waals surface area contributed by atoms with Crippen molar-refractivity contribution in [3.63, 3.8) is 0 Å². The Morgan fingerprint density at radius 3 is 2.42 bits per heavy atom. The summed E-state index contributed by atoms with van der Waals surface area (Å²) in [6.07, 6.45) is 2.86. The highest BCUT2D eigenvalue weighted by Gasteiger charge is 2.59. The minimum absolute atomic E-state index is 0.0923. The SMILES string of the molecule is CCC(Cc1ccc2c(c1)OC(C(=O)OC)(C(=O)OC)O2)NCC(O)c1cccc(SC)c1. The number of esters is 2. The number of methoxy groups -OCH3 is 2. The molecule has 1 heterocycles. The van der Waals surface area contributed by atoms with Crippen LogP contribution in [0.15, 0.2) is 47.4 Å². The lowest BCUT2D eigenvalue weighted by Gasteiger charge is -2.21. The van der Waals surface area contributed by atoms with Crippen LogP contribution >= 0.6 is 11.8 Å². The molecule has 1 aliphatic heterocycles. The molecular formula is C24H29NO7S. The molecule has 8 nitrogen and oxygen atoms in total. The largest absolute Gasteiger partial charge is 0.463 e. The van der Waals surface area contributed by atoms with E-state index in [1.165, 1.54) is 0 Å². The minimum atomic E-state index is -2.30. The molecule has 0 spiro atoms. The smallest absolute Gasteiger partial charge is 0.453 e. The van der Waals surface area contributed by atoms with Gasteiger partial charge in [-0.05, 0) is 54.5 Å². The molecule has 0 radical (unpaired) electrons. The van der Waals surface area contributed by atoms with Crippen molar-refractivity contribution >= 4 is 23.7 Å². The van der Waals surface area contributed by atoms with Gasteiger partial charge in [-0.15, -0.1) is 11.8 Å². The van der Waals surface area contributed by atoms with Gasteiger partial charge in [0.25, 0.3) is 0 Å². The molecule has 9 heteroatoms. The van der Waals surface area contributed by atoms with Crippen molar-refractivity contribution in [2.24, 2.45) is 0 Å². The van der Waals surface area contributed by atoms with Gasteiger partial charge in [0, 0.05) is 17.5 Å².